The number of carboxylic acid groups (broad SMARTS) is 1. The van der Waals surface area contributed by atoms with Crippen LogP contribution in [0.1, 0.15) is 102 Å². The van der Waals surface area contributed by atoms with E-state index in [2.05, 4.69) is 19.1 Å². The Hall–Kier alpha value is -2.29. The first-order valence-electron chi connectivity index (χ1n) is 12.7. The third-order valence-electron chi connectivity index (χ3n) is 6.14. The van der Waals surface area contributed by atoms with E-state index in [1.807, 2.05) is 43.3 Å². The van der Waals surface area contributed by atoms with Crippen LogP contribution >= 0.6 is 0 Å². The van der Waals surface area contributed by atoms with Crippen LogP contribution in [0, 0.1) is 0 Å². The van der Waals surface area contributed by atoms with E-state index in [1.54, 1.807) is 0 Å². The Morgan fingerprint density at radius 1 is 0.719 bits per heavy atom. The monoisotopic (exact) mass is 438 g/mol. The first-order chi connectivity index (χ1) is 15.7. The molecular formula is C29H42O3. The number of carboxylic acids is 1. The van der Waals surface area contributed by atoms with Gasteiger partial charge in [-0.05, 0) is 41.7 Å². The Morgan fingerprint density at radius 3 is 1.72 bits per heavy atom. The Balaban J connectivity index is 1.68. The fourth-order valence-corrected chi connectivity index (χ4v) is 4.15. The average molecular weight is 439 g/mol. The Kier molecular flexibility index (Phi) is 12.6. The Labute approximate surface area is 195 Å². The summed E-state index contributed by atoms with van der Waals surface area (Å²) in [4.78, 5) is 11.5. The van der Waals surface area contributed by atoms with Crippen molar-refractivity contribution in [3.05, 3.63) is 54.1 Å². The molecule has 0 heterocycles. The van der Waals surface area contributed by atoms with Gasteiger partial charge in [-0.3, -0.25) is 4.79 Å². The lowest BCUT2D eigenvalue weighted by Crippen LogP contribution is -2.11. The second-order valence-corrected chi connectivity index (χ2v) is 8.86. The van der Waals surface area contributed by atoms with Crippen LogP contribution in [-0.4, -0.2) is 17.7 Å². The second kappa shape index (κ2) is 15.5. The third-order valence-corrected chi connectivity index (χ3v) is 6.14. The van der Waals surface area contributed by atoms with E-state index in [0.29, 0.717) is 6.42 Å². The van der Waals surface area contributed by atoms with Gasteiger partial charge in [0.2, 0.25) is 0 Å². The van der Waals surface area contributed by atoms with Crippen molar-refractivity contribution in [3.8, 4) is 16.9 Å². The summed E-state index contributed by atoms with van der Waals surface area (Å²) < 4.78 is 5.91. The molecule has 0 amide bonds. The van der Waals surface area contributed by atoms with Crippen molar-refractivity contribution in [3.63, 3.8) is 0 Å². The zero-order valence-corrected chi connectivity index (χ0v) is 20.2. The number of benzene rings is 2. The van der Waals surface area contributed by atoms with Crippen LogP contribution in [0.25, 0.3) is 11.1 Å². The van der Waals surface area contributed by atoms with Crippen molar-refractivity contribution >= 4 is 5.97 Å². The Bertz CT molecular complexity index is 749. The fourth-order valence-electron chi connectivity index (χ4n) is 4.15. The largest absolute Gasteiger partial charge is 0.494 e. The number of carbonyl (C=O) groups is 1. The van der Waals surface area contributed by atoms with E-state index < -0.39 is 11.9 Å². The smallest absolute Gasteiger partial charge is 0.310 e. The fraction of sp³-hybridized carbons (Fsp3) is 0.552. The van der Waals surface area contributed by atoms with Crippen molar-refractivity contribution in [2.24, 2.45) is 0 Å². The van der Waals surface area contributed by atoms with Crippen LogP contribution < -0.4 is 4.74 Å². The van der Waals surface area contributed by atoms with E-state index in [-0.39, 0.29) is 0 Å². The molecule has 0 aliphatic carbocycles. The third kappa shape index (κ3) is 9.46. The maximum atomic E-state index is 11.5. The minimum absolute atomic E-state index is 0.421. The highest BCUT2D eigenvalue weighted by molar-refractivity contribution is 5.76. The number of aliphatic carboxylic acids is 1. The van der Waals surface area contributed by atoms with Crippen LogP contribution in [0.5, 0.6) is 5.75 Å². The highest BCUT2D eigenvalue weighted by atomic mass is 16.5. The van der Waals surface area contributed by atoms with Crippen LogP contribution in [0.3, 0.4) is 0 Å². The molecule has 0 saturated heterocycles. The van der Waals surface area contributed by atoms with Crippen molar-refractivity contribution in [1.82, 2.24) is 0 Å². The summed E-state index contributed by atoms with van der Waals surface area (Å²) in [6.07, 6.45) is 14.8. The van der Waals surface area contributed by atoms with Gasteiger partial charge in [0.1, 0.15) is 5.75 Å². The molecule has 176 valence electrons. The maximum absolute atomic E-state index is 11.5. The SMILES string of the molecule is CCCCCCCCCCCCOc1ccc(-c2ccc(C(CCC)C(=O)O)cc2)cc1. The van der Waals surface area contributed by atoms with Gasteiger partial charge in [0.15, 0.2) is 0 Å². The lowest BCUT2D eigenvalue weighted by Gasteiger charge is -2.12. The van der Waals surface area contributed by atoms with Crippen LogP contribution in [0.2, 0.25) is 0 Å². The zero-order chi connectivity index (χ0) is 23.0. The van der Waals surface area contributed by atoms with E-state index >= 15 is 0 Å². The molecule has 32 heavy (non-hydrogen) atoms. The molecular weight excluding hydrogens is 396 g/mol. The molecule has 0 bridgehead atoms. The molecule has 0 aromatic heterocycles. The normalized spacial score (nSPS) is 11.9. The molecule has 2 aromatic rings. The van der Waals surface area contributed by atoms with Crippen LogP contribution in [0.15, 0.2) is 48.5 Å². The van der Waals surface area contributed by atoms with Crippen molar-refractivity contribution in [2.45, 2.75) is 96.8 Å². The van der Waals surface area contributed by atoms with E-state index in [4.69, 9.17) is 4.74 Å². The van der Waals surface area contributed by atoms with Gasteiger partial charge in [-0.2, -0.15) is 0 Å². The molecule has 0 radical (unpaired) electrons. The van der Waals surface area contributed by atoms with Crippen LogP contribution in [0.4, 0.5) is 0 Å². The zero-order valence-electron chi connectivity index (χ0n) is 20.2. The standard InChI is InChI=1S/C29H42O3/c1-3-5-6-7-8-9-10-11-12-13-23-32-27-21-19-25(20-22-27)24-15-17-26(18-16-24)28(14-4-2)29(30)31/h15-22,28H,3-14,23H2,1-2H3,(H,30,31). The van der Waals surface area contributed by atoms with Gasteiger partial charge < -0.3 is 9.84 Å². The lowest BCUT2D eigenvalue weighted by atomic mass is 9.93. The molecule has 1 unspecified atom stereocenters. The highest BCUT2D eigenvalue weighted by Crippen LogP contribution is 2.27. The quantitative estimate of drug-likeness (QED) is 0.251. The lowest BCUT2D eigenvalue weighted by molar-refractivity contribution is -0.139. The topological polar surface area (TPSA) is 46.5 Å². The van der Waals surface area contributed by atoms with Gasteiger partial charge in [-0.25, -0.2) is 0 Å². The van der Waals surface area contributed by atoms with Gasteiger partial charge in [0.05, 0.1) is 12.5 Å². The van der Waals surface area contributed by atoms with Gasteiger partial charge in [0.25, 0.3) is 0 Å². The van der Waals surface area contributed by atoms with Crippen LogP contribution in [-0.2, 0) is 4.79 Å². The van der Waals surface area contributed by atoms with Gasteiger partial charge in [-0.1, -0.05) is 114 Å². The van der Waals surface area contributed by atoms with Gasteiger partial charge >= 0.3 is 5.97 Å². The predicted molar refractivity (Wildman–Crippen MR) is 135 cm³/mol. The molecule has 0 fully saturated rings. The molecule has 1 atom stereocenters. The number of ether oxygens (including phenoxy) is 1. The summed E-state index contributed by atoms with van der Waals surface area (Å²) >= 11 is 0. The first kappa shape index (κ1) is 26.0. The van der Waals surface area contributed by atoms with E-state index in [9.17, 15) is 9.90 Å². The van der Waals surface area contributed by atoms with E-state index in [0.717, 1.165) is 41.9 Å². The van der Waals surface area contributed by atoms with E-state index in [1.165, 1.54) is 57.8 Å². The number of rotatable bonds is 17. The van der Waals surface area contributed by atoms with Crippen molar-refractivity contribution in [1.29, 1.82) is 0 Å². The molecule has 3 nitrogen and oxygen atoms in total. The summed E-state index contributed by atoms with van der Waals surface area (Å²) in [6, 6.07) is 16.1. The first-order valence-corrected chi connectivity index (χ1v) is 12.7. The molecule has 0 aliphatic rings. The molecule has 2 rings (SSSR count). The number of hydrogen-bond donors (Lipinski definition) is 1. The minimum Gasteiger partial charge on any atom is -0.494 e. The summed E-state index contributed by atoms with van der Waals surface area (Å²) in [7, 11) is 0. The maximum Gasteiger partial charge on any atom is 0.310 e. The summed E-state index contributed by atoms with van der Waals surface area (Å²) in [5.74, 6) is -0.255. The van der Waals surface area contributed by atoms with Crippen molar-refractivity contribution in [2.75, 3.05) is 6.61 Å². The molecule has 1 N–H and O–H groups in total. The number of hydrogen-bond acceptors (Lipinski definition) is 2. The molecule has 0 aliphatic heterocycles. The predicted octanol–water partition coefficient (Wildman–Crippen LogP) is 8.62. The second-order valence-electron chi connectivity index (χ2n) is 8.86. The van der Waals surface area contributed by atoms with Gasteiger partial charge in [-0.15, -0.1) is 0 Å². The van der Waals surface area contributed by atoms with Crippen molar-refractivity contribution < 1.29 is 14.6 Å². The molecule has 0 saturated carbocycles. The summed E-state index contributed by atoms with van der Waals surface area (Å²) in [5, 5.41) is 9.44. The molecule has 3 heteroatoms. The number of unbranched alkanes of at least 4 members (excludes halogenated alkanes) is 9. The minimum atomic E-state index is -0.747. The summed E-state index contributed by atoms with van der Waals surface area (Å²) in [6.45, 7) is 5.06. The van der Waals surface area contributed by atoms with Gasteiger partial charge in [0, 0.05) is 0 Å². The Morgan fingerprint density at radius 2 is 1.22 bits per heavy atom. The average Bonchev–Trinajstić information content (AvgIpc) is 2.81. The molecule has 0 spiro atoms. The highest BCUT2D eigenvalue weighted by Gasteiger charge is 2.18. The molecule has 2 aromatic carbocycles. The summed E-state index contributed by atoms with van der Waals surface area (Å²) in [5.41, 5.74) is 3.08.